The lowest BCUT2D eigenvalue weighted by molar-refractivity contribution is -0.150. The molecule has 0 spiro atoms. The first kappa shape index (κ1) is 22.8. The highest BCUT2D eigenvalue weighted by atomic mass is 32.1. The number of hydrogen-bond donors (Lipinski definition) is 3. The molecule has 0 unspecified atom stereocenters. The summed E-state index contributed by atoms with van der Waals surface area (Å²) in [6, 6.07) is 14.0. The number of urea groups is 1. The van der Waals surface area contributed by atoms with Gasteiger partial charge in [0.25, 0.3) is 11.8 Å². The van der Waals surface area contributed by atoms with E-state index in [9.17, 15) is 19.2 Å². The van der Waals surface area contributed by atoms with Gasteiger partial charge in [0, 0.05) is 11.3 Å². The maximum absolute atomic E-state index is 12.6. The molecule has 0 fully saturated rings. The van der Waals surface area contributed by atoms with Crippen molar-refractivity contribution in [3.05, 3.63) is 82.4 Å². The lowest BCUT2D eigenvalue weighted by Gasteiger charge is -2.17. The molecule has 0 bridgehead atoms. The second kappa shape index (κ2) is 11.5. The van der Waals surface area contributed by atoms with E-state index in [1.807, 2.05) is 23.6 Å². The summed E-state index contributed by atoms with van der Waals surface area (Å²) in [5.74, 6) is -2.16. The van der Waals surface area contributed by atoms with Crippen LogP contribution in [0.5, 0.6) is 0 Å². The maximum Gasteiger partial charge on any atom is 0.329 e. The van der Waals surface area contributed by atoms with E-state index in [0.717, 1.165) is 10.4 Å². The first-order valence-electron chi connectivity index (χ1n) is 9.66. The molecule has 3 N–H and O–H groups in total. The number of carbonyl (C=O) groups is 4. The van der Waals surface area contributed by atoms with Crippen molar-refractivity contribution in [3.63, 3.8) is 0 Å². The van der Waals surface area contributed by atoms with Gasteiger partial charge in [-0.05, 0) is 29.1 Å². The van der Waals surface area contributed by atoms with Crippen LogP contribution in [0.3, 0.4) is 0 Å². The Morgan fingerprint density at radius 2 is 1.81 bits per heavy atom. The second-order valence-electron chi connectivity index (χ2n) is 6.61. The summed E-state index contributed by atoms with van der Waals surface area (Å²) in [6.07, 6.45) is 1.49. The van der Waals surface area contributed by atoms with Gasteiger partial charge in [0.1, 0.15) is 6.04 Å². The number of imide groups is 1. The van der Waals surface area contributed by atoms with E-state index < -0.39 is 36.5 Å². The molecule has 3 rings (SSSR count). The van der Waals surface area contributed by atoms with Gasteiger partial charge in [-0.15, -0.1) is 11.3 Å². The van der Waals surface area contributed by atoms with E-state index in [-0.39, 0.29) is 18.7 Å². The quantitative estimate of drug-likeness (QED) is 0.425. The van der Waals surface area contributed by atoms with E-state index in [2.05, 4.69) is 16.0 Å². The predicted molar refractivity (Wildman–Crippen MR) is 116 cm³/mol. The Bertz CT molecular complexity index is 1040. The summed E-state index contributed by atoms with van der Waals surface area (Å²) in [4.78, 5) is 49.6. The number of ether oxygens (including phenoxy) is 1. The number of esters is 1. The highest BCUT2D eigenvalue weighted by molar-refractivity contribution is 7.09. The minimum atomic E-state index is -1.06. The monoisotopic (exact) mass is 455 g/mol. The zero-order chi connectivity index (χ0) is 22.8. The van der Waals surface area contributed by atoms with Crippen LogP contribution in [0.2, 0.25) is 0 Å². The molecule has 0 saturated heterocycles. The molecule has 0 aliphatic heterocycles. The number of hydrogen-bond acceptors (Lipinski definition) is 7. The average molecular weight is 455 g/mol. The second-order valence-corrected chi connectivity index (χ2v) is 7.64. The topological polar surface area (TPSA) is 127 Å². The Balaban J connectivity index is 1.52. The zero-order valence-corrected chi connectivity index (χ0v) is 17.7. The Labute approximate surface area is 187 Å². The minimum absolute atomic E-state index is 0.0380. The molecule has 32 heavy (non-hydrogen) atoms. The largest absolute Gasteiger partial charge is 0.459 e. The third-order valence-corrected chi connectivity index (χ3v) is 5.10. The fraction of sp³-hybridized carbons (Fsp3) is 0.182. The normalized spacial score (nSPS) is 11.2. The first-order chi connectivity index (χ1) is 15.5. The van der Waals surface area contributed by atoms with E-state index in [1.165, 1.54) is 23.7 Å². The number of thiophene rings is 1. The summed E-state index contributed by atoms with van der Waals surface area (Å²) in [5.41, 5.74) is 0.784. The van der Waals surface area contributed by atoms with E-state index in [1.54, 1.807) is 30.3 Å². The molecule has 0 saturated carbocycles. The smallest absolute Gasteiger partial charge is 0.329 e. The molecule has 2 aromatic heterocycles. The Kier molecular flexibility index (Phi) is 8.15. The Morgan fingerprint density at radius 1 is 1.00 bits per heavy atom. The molecule has 1 aromatic carbocycles. The van der Waals surface area contributed by atoms with Gasteiger partial charge >= 0.3 is 12.0 Å². The standard InChI is InChI=1S/C22H21N3O6S/c26-19(25-22(29)23-13-16-8-5-11-32-16)14-31-21(28)17(12-15-6-2-1-3-7-15)24-20(27)18-9-4-10-30-18/h1-11,17H,12-14H2,(H,24,27)(H2,23,25,26,29)/t17-/m0/s1. The summed E-state index contributed by atoms with van der Waals surface area (Å²) >= 11 is 1.47. The van der Waals surface area contributed by atoms with Crippen LogP contribution in [0.1, 0.15) is 21.0 Å². The molecule has 1 atom stereocenters. The van der Waals surface area contributed by atoms with Gasteiger partial charge in [-0.1, -0.05) is 36.4 Å². The van der Waals surface area contributed by atoms with Crippen molar-refractivity contribution >= 4 is 35.2 Å². The molecule has 3 aromatic rings. The maximum atomic E-state index is 12.6. The van der Waals surface area contributed by atoms with E-state index in [4.69, 9.17) is 9.15 Å². The van der Waals surface area contributed by atoms with Crippen LogP contribution in [0, 0.1) is 0 Å². The molecular formula is C22H21N3O6S. The molecule has 10 heteroatoms. The number of furan rings is 1. The lowest BCUT2D eigenvalue weighted by Crippen LogP contribution is -2.45. The van der Waals surface area contributed by atoms with Gasteiger partial charge in [0.2, 0.25) is 0 Å². The van der Waals surface area contributed by atoms with Gasteiger partial charge in [-0.25, -0.2) is 9.59 Å². The molecule has 4 amide bonds. The van der Waals surface area contributed by atoms with Gasteiger partial charge < -0.3 is 19.8 Å². The van der Waals surface area contributed by atoms with Crippen molar-refractivity contribution in [2.75, 3.05) is 6.61 Å². The summed E-state index contributed by atoms with van der Waals surface area (Å²) in [5, 5.41) is 9.04. The molecular weight excluding hydrogens is 434 g/mol. The van der Waals surface area contributed by atoms with E-state index >= 15 is 0 Å². The van der Waals surface area contributed by atoms with Crippen LogP contribution in [0.15, 0.2) is 70.7 Å². The van der Waals surface area contributed by atoms with Crippen LogP contribution < -0.4 is 16.0 Å². The van der Waals surface area contributed by atoms with Crippen molar-refractivity contribution in [3.8, 4) is 0 Å². The third-order valence-electron chi connectivity index (χ3n) is 4.22. The molecule has 0 radical (unpaired) electrons. The van der Waals surface area contributed by atoms with Crippen molar-refractivity contribution < 1.29 is 28.3 Å². The molecule has 0 aliphatic carbocycles. The number of benzene rings is 1. The fourth-order valence-corrected chi connectivity index (χ4v) is 3.35. The number of rotatable bonds is 9. The number of amides is 4. The fourth-order valence-electron chi connectivity index (χ4n) is 2.70. The van der Waals surface area contributed by atoms with Crippen molar-refractivity contribution in [2.45, 2.75) is 19.0 Å². The third kappa shape index (κ3) is 7.10. The number of carbonyl (C=O) groups excluding carboxylic acids is 4. The average Bonchev–Trinajstić information content (AvgIpc) is 3.51. The van der Waals surface area contributed by atoms with Crippen molar-refractivity contribution in [1.29, 1.82) is 0 Å². The van der Waals surface area contributed by atoms with Gasteiger partial charge in [-0.3, -0.25) is 14.9 Å². The van der Waals surface area contributed by atoms with Gasteiger partial charge in [0.15, 0.2) is 12.4 Å². The van der Waals surface area contributed by atoms with Crippen LogP contribution in [0.4, 0.5) is 4.79 Å². The summed E-state index contributed by atoms with van der Waals surface area (Å²) < 4.78 is 10.1. The molecule has 166 valence electrons. The highest BCUT2D eigenvalue weighted by Gasteiger charge is 2.25. The molecule has 9 nitrogen and oxygen atoms in total. The van der Waals surface area contributed by atoms with Crippen LogP contribution >= 0.6 is 11.3 Å². The van der Waals surface area contributed by atoms with Crippen molar-refractivity contribution in [2.24, 2.45) is 0 Å². The van der Waals surface area contributed by atoms with Crippen LogP contribution in [-0.4, -0.2) is 36.5 Å². The summed E-state index contributed by atoms with van der Waals surface area (Å²) in [6.45, 7) is -0.401. The first-order valence-corrected chi connectivity index (χ1v) is 10.5. The summed E-state index contributed by atoms with van der Waals surface area (Å²) in [7, 11) is 0. The zero-order valence-electron chi connectivity index (χ0n) is 16.9. The van der Waals surface area contributed by atoms with Gasteiger partial charge in [-0.2, -0.15) is 0 Å². The van der Waals surface area contributed by atoms with Crippen LogP contribution in [-0.2, 0) is 27.3 Å². The van der Waals surface area contributed by atoms with E-state index in [0.29, 0.717) is 0 Å². The lowest BCUT2D eigenvalue weighted by atomic mass is 10.1. The van der Waals surface area contributed by atoms with Crippen molar-refractivity contribution in [1.82, 2.24) is 16.0 Å². The van der Waals surface area contributed by atoms with Crippen LogP contribution in [0.25, 0.3) is 0 Å². The Morgan fingerprint density at radius 3 is 2.50 bits per heavy atom. The SMILES string of the molecule is O=C(COC(=O)[C@H](Cc1ccccc1)NC(=O)c1ccco1)NC(=O)NCc1cccs1. The Hall–Kier alpha value is -3.92. The number of nitrogens with one attached hydrogen (secondary N) is 3. The predicted octanol–water partition coefficient (Wildman–Crippen LogP) is 2.25. The molecule has 2 heterocycles. The van der Waals surface area contributed by atoms with Gasteiger partial charge in [0.05, 0.1) is 12.8 Å². The minimum Gasteiger partial charge on any atom is -0.459 e. The molecule has 0 aliphatic rings. The highest BCUT2D eigenvalue weighted by Crippen LogP contribution is 2.08.